The minimum atomic E-state index is -4.57. The zero-order valence-electron chi connectivity index (χ0n) is 9.05. The van der Waals surface area contributed by atoms with Crippen LogP contribution in [0, 0.1) is 10.6 Å². The van der Waals surface area contributed by atoms with E-state index in [4.69, 9.17) is 11.6 Å². The van der Waals surface area contributed by atoms with Gasteiger partial charge in [0.2, 0.25) is 0 Å². The maximum Gasteiger partial charge on any atom is 0.431 e. The topological polar surface area (TPSA) is 28.7 Å². The summed E-state index contributed by atoms with van der Waals surface area (Å²) in [4.78, 5) is 5.72. The second-order valence-electron chi connectivity index (χ2n) is 3.61. The van der Waals surface area contributed by atoms with Crippen molar-refractivity contribution in [2.24, 2.45) is 0 Å². The number of rotatable bonds is 1. The molecular weight excluding hydrogens is 304 g/mol. The number of aromatic amines is 1. The molecule has 0 saturated carbocycles. The first-order valence-electron chi connectivity index (χ1n) is 4.91. The molecule has 1 aromatic carbocycles. The molecule has 0 spiro atoms. The van der Waals surface area contributed by atoms with Crippen molar-refractivity contribution in [2.45, 2.75) is 6.18 Å². The molecule has 1 aromatic heterocycles. The standard InChI is InChI=1S/C11H5ClF4N2S/c12-6-3-5(1-2-7(6)13)8-4-9(11(14,15)16)18-10(19)17-8/h1-4H,(H,17,18,19). The zero-order chi connectivity index (χ0) is 14.2. The number of H-pyrrole nitrogens is 1. The van der Waals surface area contributed by atoms with Crippen LogP contribution in [0.2, 0.25) is 5.02 Å². The number of alkyl halides is 3. The molecule has 100 valence electrons. The molecule has 0 saturated heterocycles. The Morgan fingerprint density at radius 1 is 1.21 bits per heavy atom. The largest absolute Gasteiger partial charge is 0.431 e. The second kappa shape index (κ2) is 4.90. The highest BCUT2D eigenvalue weighted by Crippen LogP contribution is 2.30. The molecule has 0 radical (unpaired) electrons. The van der Waals surface area contributed by atoms with Crippen LogP contribution in [0.15, 0.2) is 24.3 Å². The molecule has 0 bridgehead atoms. The Hall–Kier alpha value is -1.47. The normalized spacial score (nSPS) is 11.6. The average Bonchev–Trinajstić information content (AvgIpc) is 2.31. The Kier molecular flexibility index (Phi) is 3.60. The van der Waals surface area contributed by atoms with Crippen molar-refractivity contribution in [3.05, 3.63) is 45.6 Å². The third kappa shape index (κ3) is 3.10. The van der Waals surface area contributed by atoms with E-state index in [0.717, 1.165) is 12.1 Å². The fourth-order valence-corrected chi connectivity index (χ4v) is 1.80. The van der Waals surface area contributed by atoms with Gasteiger partial charge in [0.05, 0.1) is 10.7 Å². The highest BCUT2D eigenvalue weighted by molar-refractivity contribution is 7.71. The van der Waals surface area contributed by atoms with Gasteiger partial charge in [0, 0.05) is 5.56 Å². The summed E-state index contributed by atoms with van der Waals surface area (Å²) in [6, 6.07) is 4.30. The second-order valence-corrected chi connectivity index (χ2v) is 4.41. The molecule has 2 rings (SSSR count). The lowest BCUT2D eigenvalue weighted by Crippen LogP contribution is -2.09. The van der Waals surface area contributed by atoms with E-state index in [9.17, 15) is 17.6 Å². The Morgan fingerprint density at radius 3 is 2.47 bits per heavy atom. The molecule has 0 aliphatic carbocycles. The number of benzene rings is 1. The highest BCUT2D eigenvalue weighted by atomic mass is 35.5. The van der Waals surface area contributed by atoms with Gasteiger partial charge in [-0.3, -0.25) is 0 Å². The van der Waals surface area contributed by atoms with E-state index >= 15 is 0 Å². The van der Waals surface area contributed by atoms with Gasteiger partial charge >= 0.3 is 6.18 Å². The van der Waals surface area contributed by atoms with E-state index < -0.39 is 17.7 Å². The molecule has 0 fully saturated rings. The third-order valence-corrected chi connectivity index (χ3v) is 2.75. The van der Waals surface area contributed by atoms with E-state index in [2.05, 4.69) is 17.2 Å². The highest BCUT2D eigenvalue weighted by Gasteiger charge is 2.32. The summed E-state index contributed by atoms with van der Waals surface area (Å²) in [5.74, 6) is -0.664. The summed E-state index contributed by atoms with van der Waals surface area (Å²) in [5, 5.41) is -0.202. The van der Waals surface area contributed by atoms with E-state index in [1.807, 2.05) is 4.98 Å². The van der Waals surface area contributed by atoms with E-state index in [-0.39, 0.29) is 21.1 Å². The monoisotopic (exact) mass is 308 g/mol. The number of nitrogens with one attached hydrogen (secondary N) is 1. The van der Waals surface area contributed by atoms with Crippen LogP contribution in [0.1, 0.15) is 5.69 Å². The van der Waals surface area contributed by atoms with Crippen molar-refractivity contribution in [1.29, 1.82) is 0 Å². The summed E-state index contributed by atoms with van der Waals surface area (Å²) >= 11 is 10.2. The fraction of sp³-hybridized carbons (Fsp3) is 0.0909. The number of halogens is 5. The first-order valence-corrected chi connectivity index (χ1v) is 5.70. The van der Waals surface area contributed by atoms with Crippen LogP contribution in [-0.2, 0) is 6.18 Å². The predicted molar refractivity (Wildman–Crippen MR) is 64.8 cm³/mol. The van der Waals surface area contributed by atoms with Crippen molar-refractivity contribution in [3.63, 3.8) is 0 Å². The van der Waals surface area contributed by atoms with Gasteiger partial charge in [-0.2, -0.15) is 13.2 Å². The lowest BCUT2D eigenvalue weighted by molar-refractivity contribution is -0.141. The van der Waals surface area contributed by atoms with Crippen LogP contribution in [0.5, 0.6) is 0 Å². The molecule has 2 aromatic rings. The lowest BCUT2D eigenvalue weighted by atomic mass is 10.1. The van der Waals surface area contributed by atoms with Gasteiger partial charge < -0.3 is 4.98 Å². The van der Waals surface area contributed by atoms with Crippen LogP contribution in [0.3, 0.4) is 0 Å². The van der Waals surface area contributed by atoms with Gasteiger partial charge in [-0.05, 0) is 36.5 Å². The number of nitrogens with zero attached hydrogens (tertiary/aromatic N) is 1. The molecule has 0 unspecified atom stereocenters. The SMILES string of the molecule is Fc1ccc(-c2cc(C(F)(F)F)[nH]c(=S)n2)cc1Cl. The average molecular weight is 309 g/mol. The van der Waals surface area contributed by atoms with Crippen LogP contribution < -0.4 is 0 Å². The molecule has 19 heavy (non-hydrogen) atoms. The zero-order valence-corrected chi connectivity index (χ0v) is 10.6. The molecule has 1 heterocycles. The molecule has 2 nitrogen and oxygen atoms in total. The molecule has 0 aliphatic heterocycles. The van der Waals surface area contributed by atoms with Gasteiger partial charge in [0.15, 0.2) is 4.77 Å². The van der Waals surface area contributed by atoms with Crippen molar-refractivity contribution in [3.8, 4) is 11.3 Å². The molecule has 0 atom stereocenters. The Morgan fingerprint density at radius 2 is 1.89 bits per heavy atom. The van der Waals surface area contributed by atoms with Crippen LogP contribution in [-0.4, -0.2) is 9.97 Å². The summed E-state index contributed by atoms with van der Waals surface area (Å²) in [6.07, 6.45) is -4.57. The van der Waals surface area contributed by atoms with Gasteiger partial charge in [-0.15, -0.1) is 0 Å². The van der Waals surface area contributed by atoms with Crippen LogP contribution in [0.25, 0.3) is 11.3 Å². The first kappa shape index (κ1) is 14.0. The van der Waals surface area contributed by atoms with Crippen molar-refractivity contribution in [2.75, 3.05) is 0 Å². The maximum absolute atomic E-state index is 13.0. The molecule has 0 aliphatic rings. The van der Waals surface area contributed by atoms with Gasteiger partial charge in [0.25, 0.3) is 0 Å². The van der Waals surface area contributed by atoms with E-state index in [0.29, 0.717) is 0 Å². The van der Waals surface area contributed by atoms with Crippen LogP contribution in [0.4, 0.5) is 17.6 Å². The Bertz CT molecular complexity index is 681. The summed E-state index contributed by atoms with van der Waals surface area (Å²) in [7, 11) is 0. The molecule has 0 amide bonds. The first-order chi connectivity index (χ1) is 8.77. The smallest absolute Gasteiger partial charge is 0.327 e. The Balaban J connectivity index is 2.59. The van der Waals surface area contributed by atoms with Gasteiger partial charge in [-0.25, -0.2) is 9.37 Å². The summed E-state index contributed by atoms with van der Waals surface area (Å²) < 4.78 is 50.5. The third-order valence-electron chi connectivity index (χ3n) is 2.27. The Labute approximate surface area is 115 Å². The molecule has 8 heteroatoms. The lowest BCUT2D eigenvalue weighted by Gasteiger charge is -2.08. The predicted octanol–water partition coefficient (Wildman–Crippen LogP) is 4.62. The van der Waals surface area contributed by atoms with E-state index in [1.54, 1.807) is 0 Å². The van der Waals surface area contributed by atoms with Crippen molar-refractivity contribution < 1.29 is 17.6 Å². The minimum absolute atomic E-state index is 0.0297. The number of hydrogen-bond donors (Lipinski definition) is 1. The minimum Gasteiger partial charge on any atom is -0.327 e. The van der Waals surface area contributed by atoms with Crippen molar-refractivity contribution >= 4 is 23.8 Å². The number of hydrogen-bond acceptors (Lipinski definition) is 2. The summed E-state index contributed by atoms with van der Waals surface area (Å²) in [5.41, 5.74) is -0.807. The number of aromatic nitrogens is 2. The fourth-order valence-electron chi connectivity index (χ4n) is 1.41. The van der Waals surface area contributed by atoms with Crippen molar-refractivity contribution in [1.82, 2.24) is 9.97 Å². The van der Waals surface area contributed by atoms with Gasteiger partial charge in [-0.1, -0.05) is 11.6 Å². The van der Waals surface area contributed by atoms with Crippen LogP contribution >= 0.6 is 23.8 Å². The molecular formula is C11H5ClF4N2S. The quantitative estimate of drug-likeness (QED) is 0.615. The summed E-state index contributed by atoms with van der Waals surface area (Å²) in [6.45, 7) is 0. The van der Waals surface area contributed by atoms with E-state index in [1.165, 1.54) is 12.1 Å². The van der Waals surface area contributed by atoms with Gasteiger partial charge in [0.1, 0.15) is 11.5 Å². The maximum atomic E-state index is 13.0. The molecule has 1 N–H and O–H groups in total.